The smallest absolute Gasteiger partial charge is 0.310 e. The number of esters is 1. The molecular formula is C10H10BrFO2. The molecule has 0 N–H and O–H groups in total. The van der Waals surface area contributed by atoms with E-state index in [0.29, 0.717) is 11.1 Å². The summed E-state index contributed by atoms with van der Waals surface area (Å²) in [5.74, 6) is -0.792. The fourth-order valence-corrected chi connectivity index (χ4v) is 1.77. The average Bonchev–Trinajstić information content (AvgIpc) is 2.13. The minimum absolute atomic E-state index is 0.0391. The Kier molecular flexibility index (Phi) is 3.63. The summed E-state index contributed by atoms with van der Waals surface area (Å²) >= 11 is 3.24. The van der Waals surface area contributed by atoms with Crippen molar-refractivity contribution in [3.8, 4) is 0 Å². The molecule has 1 aromatic rings. The van der Waals surface area contributed by atoms with Gasteiger partial charge in [0, 0.05) is 10.0 Å². The third-order valence-corrected chi connectivity index (χ3v) is 2.31. The number of methoxy groups -OCH3 is 1. The Balaban J connectivity index is 3.02. The first-order valence-electron chi connectivity index (χ1n) is 4.06. The molecule has 0 aromatic heterocycles. The summed E-state index contributed by atoms with van der Waals surface area (Å²) in [5, 5.41) is 0. The van der Waals surface area contributed by atoms with E-state index in [1.165, 1.54) is 7.11 Å². The summed E-state index contributed by atoms with van der Waals surface area (Å²) in [4.78, 5) is 11.0. The van der Waals surface area contributed by atoms with Crippen molar-refractivity contribution in [2.24, 2.45) is 0 Å². The van der Waals surface area contributed by atoms with Gasteiger partial charge in [0.2, 0.25) is 0 Å². The fourth-order valence-electron chi connectivity index (χ4n) is 1.15. The number of rotatable bonds is 2. The zero-order valence-electron chi connectivity index (χ0n) is 7.93. The molecule has 0 atom stereocenters. The maximum absolute atomic E-state index is 13.4. The summed E-state index contributed by atoms with van der Waals surface area (Å²) in [7, 11) is 1.28. The lowest BCUT2D eigenvalue weighted by Crippen LogP contribution is -2.07. The highest BCUT2D eigenvalue weighted by Gasteiger charge is 2.11. The van der Waals surface area contributed by atoms with Gasteiger partial charge in [-0.15, -0.1) is 0 Å². The van der Waals surface area contributed by atoms with Crippen LogP contribution < -0.4 is 0 Å². The maximum atomic E-state index is 13.4. The number of benzene rings is 1. The van der Waals surface area contributed by atoms with Crippen LogP contribution in [0, 0.1) is 12.7 Å². The number of ether oxygens (including phenoxy) is 1. The van der Waals surface area contributed by atoms with Crippen molar-refractivity contribution in [2.45, 2.75) is 13.3 Å². The summed E-state index contributed by atoms with van der Waals surface area (Å²) in [6.45, 7) is 1.65. The monoisotopic (exact) mass is 260 g/mol. The first-order valence-corrected chi connectivity index (χ1v) is 4.85. The Morgan fingerprint density at radius 2 is 2.21 bits per heavy atom. The molecule has 0 radical (unpaired) electrons. The van der Waals surface area contributed by atoms with E-state index in [1.807, 2.05) is 0 Å². The first kappa shape index (κ1) is 11.2. The number of carbonyl (C=O) groups is 1. The zero-order chi connectivity index (χ0) is 10.7. The van der Waals surface area contributed by atoms with Crippen molar-refractivity contribution >= 4 is 21.9 Å². The van der Waals surface area contributed by atoms with E-state index >= 15 is 0 Å². The van der Waals surface area contributed by atoms with Crippen LogP contribution >= 0.6 is 15.9 Å². The molecule has 0 fully saturated rings. The van der Waals surface area contributed by atoms with Gasteiger partial charge in [-0.05, 0) is 24.6 Å². The highest BCUT2D eigenvalue weighted by atomic mass is 79.9. The summed E-state index contributed by atoms with van der Waals surface area (Å²) in [6, 6.07) is 3.25. The molecule has 0 bridgehead atoms. The molecule has 0 aliphatic rings. The molecular weight excluding hydrogens is 251 g/mol. The molecule has 0 spiro atoms. The van der Waals surface area contributed by atoms with Gasteiger partial charge in [0.15, 0.2) is 0 Å². The van der Waals surface area contributed by atoms with E-state index in [-0.39, 0.29) is 12.2 Å². The Morgan fingerprint density at radius 3 is 2.79 bits per heavy atom. The van der Waals surface area contributed by atoms with Gasteiger partial charge in [-0.25, -0.2) is 4.39 Å². The van der Waals surface area contributed by atoms with Gasteiger partial charge >= 0.3 is 5.97 Å². The molecule has 2 nitrogen and oxygen atoms in total. The molecule has 0 aliphatic carbocycles. The molecule has 0 amide bonds. The number of aryl methyl sites for hydroxylation is 1. The SMILES string of the molecule is COC(=O)Cc1cc(Br)cc(C)c1F. The van der Waals surface area contributed by atoms with Crippen molar-refractivity contribution in [1.29, 1.82) is 0 Å². The molecule has 1 aromatic carbocycles. The second-order valence-corrected chi connectivity index (χ2v) is 3.86. The lowest BCUT2D eigenvalue weighted by atomic mass is 10.1. The molecule has 1 rings (SSSR count). The van der Waals surface area contributed by atoms with Crippen LogP contribution in [0.1, 0.15) is 11.1 Å². The summed E-state index contributed by atoms with van der Waals surface area (Å²) in [5.41, 5.74) is 0.863. The van der Waals surface area contributed by atoms with Crippen molar-refractivity contribution in [1.82, 2.24) is 0 Å². The highest BCUT2D eigenvalue weighted by Crippen LogP contribution is 2.20. The number of carbonyl (C=O) groups excluding carboxylic acids is 1. The van der Waals surface area contributed by atoms with Crippen LogP contribution in [0.5, 0.6) is 0 Å². The quantitative estimate of drug-likeness (QED) is 0.765. The van der Waals surface area contributed by atoms with Crippen LogP contribution in [-0.4, -0.2) is 13.1 Å². The largest absolute Gasteiger partial charge is 0.469 e. The molecule has 0 saturated heterocycles. The average molecular weight is 261 g/mol. The van der Waals surface area contributed by atoms with Crippen LogP contribution in [0.15, 0.2) is 16.6 Å². The van der Waals surface area contributed by atoms with Crippen LogP contribution in [0.3, 0.4) is 0 Å². The highest BCUT2D eigenvalue weighted by molar-refractivity contribution is 9.10. The van der Waals surface area contributed by atoms with Crippen LogP contribution in [0.4, 0.5) is 4.39 Å². The Bertz CT molecular complexity index is 363. The Hall–Kier alpha value is -0.900. The zero-order valence-corrected chi connectivity index (χ0v) is 9.52. The minimum Gasteiger partial charge on any atom is -0.469 e. The molecule has 4 heteroatoms. The Labute approximate surface area is 90.2 Å². The third kappa shape index (κ3) is 2.54. The van der Waals surface area contributed by atoms with E-state index in [2.05, 4.69) is 20.7 Å². The van der Waals surface area contributed by atoms with Crippen LogP contribution in [0.2, 0.25) is 0 Å². The molecule has 0 aliphatic heterocycles. The number of hydrogen-bond donors (Lipinski definition) is 0. The van der Waals surface area contributed by atoms with Gasteiger partial charge in [-0.3, -0.25) is 4.79 Å². The van der Waals surface area contributed by atoms with E-state index in [1.54, 1.807) is 19.1 Å². The normalized spacial score (nSPS) is 10.0. The van der Waals surface area contributed by atoms with Gasteiger partial charge < -0.3 is 4.74 Å². The number of halogens is 2. The predicted octanol–water partition coefficient (Wildman–Crippen LogP) is 2.61. The maximum Gasteiger partial charge on any atom is 0.310 e. The topological polar surface area (TPSA) is 26.3 Å². The van der Waals surface area contributed by atoms with Gasteiger partial charge in [0.05, 0.1) is 13.5 Å². The van der Waals surface area contributed by atoms with E-state index < -0.39 is 5.97 Å². The van der Waals surface area contributed by atoms with E-state index in [4.69, 9.17) is 0 Å². The summed E-state index contributed by atoms with van der Waals surface area (Å²) in [6.07, 6.45) is -0.0391. The van der Waals surface area contributed by atoms with Crippen molar-refractivity contribution in [3.05, 3.63) is 33.5 Å². The fraction of sp³-hybridized carbons (Fsp3) is 0.300. The molecule has 14 heavy (non-hydrogen) atoms. The molecule has 0 unspecified atom stereocenters. The van der Waals surface area contributed by atoms with Gasteiger partial charge in [-0.1, -0.05) is 15.9 Å². The van der Waals surface area contributed by atoms with Crippen LogP contribution in [-0.2, 0) is 16.0 Å². The second kappa shape index (κ2) is 4.55. The third-order valence-electron chi connectivity index (χ3n) is 1.86. The van der Waals surface area contributed by atoms with Gasteiger partial charge in [-0.2, -0.15) is 0 Å². The Morgan fingerprint density at radius 1 is 1.57 bits per heavy atom. The second-order valence-electron chi connectivity index (χ2n) is 2.95. The van der Waals surface area contributed by atoms with E-state index in [9.17, 15) is 9.18 Å². The van der Waals surface area contributed by atoms with Crippen molar-refractivity contribution in [2.75, 3.05) is 7.11 Å². The molecule has 76 valence electrons. The van der Waals surface area contributed by atoms with Crippen molar-refractivity contribution < 1.29 is 13.9 Å². The van der Waals surface area contributed by atoms with E-state index in [0.717, 1.165) is 4.47 Å². The molecule has 0 saturated carbocycles. The summed E-state index contributed by atoms with van der Waals surface area (Å²) < 4.78 is 18.7. The van der Waals surface area contributed by atoms with Crippen molar-refractivity contribution in [3.63, 3.8) is 0 Å². The molecule has 0 heterocycles. The van der Waals surface area contributed by atoms with Gasteiger partial charge in [0.25, 0.3) is 0 Å². The van der Waals surface area contributed by atoms with Crippen LogP contribution in [0.25, 0.3) is 0 Å². The lowest BCUT2D eigenvalue weighted by molar-refractivity contribution is -0.139. The minimum atomic E-state index is -0.443. The number of hydrogen-bond acceptors (Lipinski definition) is 2. The van der Waals surface area contributed by atoms with Gasteiger partial charge in [0.1, 0.15) is 5.82 Å². The standard InChI is InChI=1S/C10H10BrFO2/c1-6-3-8(11)4-7(10(6)12)5-9(13)14-2/h3-4H,5H2,1-2H3. The first-order chi connectivity index (χ1) is 6.54. The lowest BCUT2D eigenvalue weighted by Gasteiger charge is -2.05. The predicted molar refractivity (Wildman–Crippen MR) is 54.6 cm³/mol.